The number of anilines is 2. The van der Waals surface area contributed by atoms with Crippen LogP contribution in [0.25, 0.3) is 11.7 Å². The first-order chi connectivity index (χ1) is 11.5. The largest absolute Gasteiger partial charge is 0.478 e. The Morgan fingerprint density at radius 2 is 1.96 bits per heavy atom. The number of aromatic nitrogens is 2. The minimum Gasteiger partial charge on any atom is -0.478 e. The molecule has 2 heterocycles. The minimum atomic E-state index is -1.13. The van der Waals surface area contributed by atoms with Gasteiger partial charge in [0.2, 0.25) is 0 Å². The Bertz CT molecular complexity index is 989. The Kier molecular flexibility index (Phi) is 4.11. The van der Waals surface area contributed by atoms with Gasteiger partial charge in [0.1, 0.15) is 11.5 Å². The van der Waals surface area contributed by atoms with E-state index in [1.165, 1.54) is 10.5 Å². The van der Waals surface area contributed by atoms with Crippen LogP contribution in [-0.2, 0) is 4.79 Å². The molecule has 2 aromatic heterocycles. The van der Waals surface area contributed by atoms with Crippen LogP contribution >= 0.6 is 0 Å². The lowest BCUT2D eigenvalue weighted by Gasteiger charge is -2.11. The van der Waals surface area contributed by atoms with Crippen LogP contribution in [0.15, 0.2) is 59.5 Å². The highest BCUT2D eigenvalue weighted by atomic mass is 16.4. The molecule has 0 fully saturated rings. The highest BCUT2D eigenvalue weighted by molar-refractivity contribution is 5.87. The van der Waals surface area contributed by atoms with Gasteiger partial charge < -0.3 is 10.4 Å². The van der Waals surface area contributed by atoms with E-state index in [0.29, 0.717) is 11.5 Å². The number of pyridine rings is 1. The molecule has 120 valence electrons. The van der Waals surface area contributed by atoms with Crippen molar-refractivity contribution in [2.45, 2.75) is 6.92 Å². The SMILES string of the molecule is Cc1ccc(Nc2nc3ccccn3c(=O)c2/C=C/C(=O)O)cc1. The fourth-order valence-corrected chi connectivity index (χ4v) is 2.28. The molecule has 0 saturated heterocycles. The zero-order valence-corrected chi connectivity index (χ0v) is 12.9. The van der Waals surface area contributed by atoms with Gasteiger partial charge in [-0.3, -0.25) is 9.20 Å². The van der Waals surface area contributed by atoms with E-state index in [-0.39, 0.29) is 11.1 Å². The molecule has 0 radical (unpaired) electrons. The Balaban J connectivity index is 2.16. The van der Waals surface area contributed by atoms with Gasteiger partial charge in [-0.2, -0.15) is 0 Å². The number of nitrogens with zero attached hydrogens (tertiary/aromatic N) is 2. The van der Waals surface area contributed by atoms with Gasteiger partial charge in [0, 0.05) is 18.0 Å². The van der Waals surface area contributed by atoms with Crippen molar-refractivity contribution >= 4 is 29.2 Å². The molecule has 3 aromatic rings. The maximum Gasteiger partial charge on any atom is 0.328 e. The lowest BCUT2D eigenvalue weighted by atomic mass is 10.2. The molecule has 0 amide bonds. The highest BCUT2D eigenvalue weighted by Crippen LogP contribution is 2.19. The van der Waals surface area contributed by atoms with E-state index in [1.54, 1.807) is 24.4 Å². The van der Waals surface area contributed by atoms with Crippen LogP contribution in [0.1, 0.15) is 11.1 Å². The van der Waals surface area contributed by atoms with E-state index in [9.17, 15) is 9.59 Å². The van der Waals surface area contributed by atoms with Gasteiger partial charge in [0.25, 0.3) is 5.56 Å². The third kappa shape index (κ3) is 3.17. The van der Waals surface area contributed by atoms with Crippen LogP contribution in [0.3, 0.4) is 0 Å². The number of benzene rings is 1. The van der Waals surface area contributed by atoms with Gasteiger partial charge in [-0.15, -0.1) is 0 Å². The first kappa shape index (κ1) is 15.5. The number of hydrogen-bond acceptors (Lipinski definition) is 4. The molecule has 0 aliphatic heterocycles. The van der Waals surface area contributed by atoms with E-state index in [4.69, 9.17) is 5.11 Å². The number of carboxylic acid groups (broad SMARTS) is 1. The van der Waals surface area contributed by atoms with Crippen molar-refractivity contribution < 1.29 is 9.90 Å². The van der Waals surface area contributed by atoms with Crippen LogP contribution in [-0.4, -0.2) is 20.5 Å². The number of rotatable bonds is 4. The first-order valence-electron chi connectivity index (χ1n) is 7.31. The minimum absolute atomic E-state index is 0.182. The average molecular weight is 321 g/mol. The van der Waals surface area contributed by atoms with E-state index in [0.717, 1.165) is 17.3 Å². The second kappa shape index (κ2) is 6.37. The molecule has 1 aromatic carbocycles. The van der Waals surface area contributed by atoms with E-state index >= 15 is 0 Å². The predicted molar refractivity (Wildman–Crippen MR) is 92.6 cm³/mol. The molecule has 6 heteroatoms. The van der Waals surface area contributed by atoms with E-state index in [1.807, 2.05) is 31.2 Å². The molecule has 0 aliphatic carbocycles. The van der Waals surface area contributed by atoms with Crippen LogP contribution in [0.2, 0.25) is 0 Å². The number of fused-ring (bicyclic) bond motifs is 1. The van der Waals surface area contributed by atoms with Gasteiger partial charge >= 0.3 is 5.97 Å². The molecule has 0 aliphatic rings. The first-order valence-corrected chi connectivity index (χ1v) is 7.31. The molecular formula is C18H15N3O3. The van der Waals surface area contributed by atoms with Gasteiger partial charge in [-0.25, -0.2) is 9.78 Å². The lowest BCUT2D eigenvalue weighted by molar-refractivity contribution is -0.131. The van der Waals surface area contributed by atoms with Crippen molar-refractivity contribution in [3.8, 4) is 0 Å². The average Bonchev–Trinajstić information content (AvgIpc) is 2.56. The second-order valence-corrected chi connectivity index (χ2v) is 5.27. The van der Waals surface area contributed by atoms with Crippen molar-refractivity contribution in [2.24, 2.45) is 0 Å². The van der Waals surface area contributed by atoms with Crippen molar-refractivity contribution in [1.29, 1.82) is 0 Å². The number of aryl methyl sites for hydroxylation is 1. The molecule has 0 unspecified atom stereocenters. The summed E-state index contributed by atoms with van der Waals surface area (Å²) in [5.41, 5.74) is 2.19. The standard InChI is InChI=1S/C18H15N3O3/c1-12-5-7-13(8-6-12)19-17-14(9-10-16(22)23)18(24)21-11-3-2-4-15(21)20-17/h2-11,19H,1H3,(H,22,23)/b10-9+. The van der Waals surface area contributed by atoms with Gasteiger partial charge in [0.05, 0.1) is 5.56 Å². The summed E-state index contributed by atoms with van der Waals surface area (Å²) in [6.07, 6.45) is 3.78. The molecular weight excluding hydrogens is 306 g/mol. The Labute approximate surface area is 137 Å². The van der Waals surface area contributed by atoms with Gasteiger partial charge in [0.15, 0.2) is 0 Å². The second-order valence-electron chi connectivity index (χ2n) is 5.27. The summed E-state index contributed by atoms with van der Waals surface area (Å²) >= 11 is 0. The number of carbonyl (C=O) groups is 1. The quantitative estimate of drug-likeness (QED) is 0.722. The van der Waals surface area contributed by atoms with E-state index < -0.39 is 5.97 Å². The number of carboxylic acids is 1. The summed E-state index contributed by atoms with van der Waals surface area (Å²) < 4.78 is 1.38. The normalized spacial score (nSPS) is 11.0. The molecule has 0 atom stereocenters. The van der Waals surface area contributed by atoms with Crippen molar-refractivity contribution in [3.05, 3.63) is 76.2 Å². The Hall–Kier alpha value is -3.41. The van der Waals surface area contributed by atoms with Gasteiger partial charge in [-0.05, 0) is 37.3 Å². The van der Waals surface area contributed by atoms with Crippen molar-refractivity contribution in [1.82, 2.24) is 9.38 Å². The zero-order valence-electron chi connectivity index (χ0n) is 12.9. The molecule has 2 N–H and O–H groups in total. The summed E-state index contributed by atoms with van der Waals surface area (Å²) in [4.78, 5) is 27.9. The van der Waals surface area contributed by atoms with Crippen molar-refractivity contribution in [3.63, 3.8) is 0 Å². The predicted octanol–water partition coefficient (Wildman–Crippen LogP) is 2.84. The molecule has 6 nitrogen and oxygen atoms in total. The lowest BCUT2D eigenvalue weighted by Crippen LogP contribution is -2.19. The maximum absolute atomic E-state index is 12.6. The smallest absolute Gasteiger partial charge is 0.328 e. The topological polar surface area (TPSA) is 83.7 Å². The fourth-order valence-electron chi connectivity index (χ4n) is 2.28. The molecule has 0 spiro atoms. The zero-order chi connectivity index (χ0) is 17.1. The molecule has 0 bridgehead atoms. The van der Waals surface area contributed by atoms with E-state index in [2.05, 4.69) is 10.3 Å². The Morgan fingerprint density at radius 3 is 2.67 bits per heavy atom. The summed E-state index contributed by atoms with van der Waals surface area (Å²) in [5.74, 6) is -0.818. The van der Waals surface area contributed by atoms with Gasteiger partial charge in [-0.1, -0.05) is 23.8 Å². The third-order valence-electron chi connectivity index (χ3n) is 3.48. The summed E-state index contributed by atoms with van der Waals surface area (Å²) in [6, 6.07) is 12.8. The van der Waals surface area contributed by atoms with Crippen LogP contribution in [0.5, 0.6) is 0 Å². The summed E-state index contributed by atoms with van der Waals surface area (Å²) in [6.45, 7) is 1.98. The Morgan fingerprint density at radius 1 is 1.21 bits per heavy atom. The highest BCUT2D eigenvalue weighted by Gasteiger charge is 2.11. The molecule has 24 heavy (non-hydrogen) atoms. The summed E-state index contributed by atoms with van der Waals surface area (Å²) in [5, 5.41) is 11.9. The summed E-state index contributed by atoms with van der Waals surface area (Å²) in [7, 11) is 0. The van der Waals surface area contributed by atoms with Crippen LogP contribution in [0, 0.1) is 6.92 Å². The number of aliphatic carboxylic acids is 1. The molecule has 3 rings (SSSR count). The fraction of sp³-hybridized carbons (Fsp3) is 0.0556. The monoisotopic (exact) mass is 321 g/mol. The number of nitrogens with one attached hydrogen (secondary N) is 1. The maximum atomic E-state index is 12.6. The van der Waals surface area contributed by atoms with Crippen LogP contribution in [0.4, 0.5) is 11.5 Å². The third-order valence-corrected chi connectivity index (χ3v) is 3.48. The van der Waals surface area contributed by atoms with Crippen LogP contribution < -0.4 is 10.9 Å². The van der Waals surface area contributed by atoms with Crippen molar-refractivity contribution in [2.75, 3.05) is 5.32 Å². The molecule has 0 saturated carbocycles. The number of hydrogen-bond donors (Lipinski definition) is 2.